The second-order valence-electron chi connectivity index (χ2n) is 6.48. The van der Waals surface area contributed by atoms with Gasteiger partial charge in [-0.3, -0.25) is 0 Å². The number of fused-ring (bicyclic) bond motifs is 3. The van der Waals surface area contributed by atoms with Crippen molar-refractivity contribution in [3.05, 3.63) is 35.4 Å². The summed E-state index contributed by atoms with van der Waals surface area (Å²) < 4.78 is 5.68. The van der Waals surface area contributed by atoms with E-state index >= 15 is 0 Å². The van der Waals surface area contributed by atoms with Crippen LogP contribution in [-0.2, 0) is 14.5 Å². The van der Waals surface area contributed by atoms with E-state index in [1.807, 2.05) is 6.92 Å². The maximum Gasteiger partial charge on any atom is 0.210 e. The van der Waals surface area contributed by atoms with Gasteiger partial charge in [-0.2, -0.15) is 9.78 Å². The highest BCUT2D eigenvalue weighted by atomic mass is 17.3. The normalized spacial score (nSPS) is 49.0. The second-order valence-corrected chi connectivity index (χ2v) is 6.48. The second kappa shape index (κ2) is 3.63. The first-order valence-corrected chi connectivity index (χ1v) is 7.21. The van der Waals surface area contributed by atoms with Gasteiger partial charge in [0.15, 0.2) is 0 Å². The van der Waals surface area contributed by atoms with Crippen molar-refractivity contribution < 1.29 is 19.6 Å². The summed E-state index contributed by atoms with van der Waals surface area (Å²) in [5.41, 5.74) is 2.03. The van der Waals surface area contributed by atoms with Gasteiger partial charge in [-0.15, -0.1) is 0 Å². The third kappa shape index (κ3) is 1.11. The highest BCUT2D eigenvalue weighted by molar-refractivity contribution is 5.48. The summed E-state index contributed by atoms with van der Waals surface area (Å²) in [5.74, 6) is -1.90. The van der Waals surface area contributed by atoms with Gasteiger partial charge < -0.3 is 9.84 Å². The zero-order valence-electron chi connectivity index (χ0n) is 12.1. The predicted molar refractivity (Wildman–Crippen MR) is 71.8 cm³/mol. The van der Waals surface area contributed by atoms with Crippen LogP contribution >= 0.6 is 0 Å². The average molecular weight is 276 g/mol. The molecule has 1 aliphatic heterocycles. The molecule has 0 aromatic heterocycles. The average Bonchev–Trinajstić information content (AvgIpc) is 3.05. The Hall–Kier alpha value is -0.940. The Morgan fingerprint density at radius 2 is 1.65 bits per heavy atom. The molecule has 1 aromatic carbocycles. The molecule has 1 N–H and O–H groups in total. The molecule has 1 aromatic rings. The highest BCUT2D eigenvalue weighted by Gasteiger charge is 2.79. The van der Waals surface area contributed by atoms with E-state index < -0.39 is 17.0 Å². The Morgan fingerprint density at radius 1 is 1.10 bits per heavy atom. The Morgan fingerprint density at radius 3 is 2.15 bits per heavy atom. The molecule has 0 amide bonds. The van der Waals surface area contributed by atoms with E-state index in [4.69, 9.17) is 14.5 Å². The van der Waals surface area contributed by atoms with Crippen molar-refractivity contribution >= 4 is 0 Å². The van der Waals surface area contributed by atoms with Crippen LogP contribution in [0.15, 0.2) is 24.3 Å². The van der Waals surface area contributed by atoms with Crippen LogP contribution in [0.2, 0.25) is 0 Å². The molecule has 4 atom stereocenters. The fourth-order valence-electron chi connectivity index (χ4n) is 5.18. The largest absolute Gasteiger partial charge is 0.363 e. The van der Waals surface area contributed by atoms with Gasteiger partial charge in [0.1, 0.15) is 0 Å². The van der Waals surface area contributed by atoms with Gasteiger partial charge in [0.05, 0.1) is 5.41 Å². The molecule has 4 rings (SSSR count). The number of hydrogen-bond donors (Lipinski definition) is 1. The summed E-state index contributed by atoms with van der Waals surface area (Å²) in [5, 5.41) is 10.9. The molecule has 108 valence electrons. The third-order valence-corrected chi connectivity index (χ3v) is 5.86. The minimum absolute atomic E-state index is 0.200. The number of methoxy groups -OCH3 is 1. The number of ether oxygens (including phenoxy) is 1. The molecule has 2 fully saturated rings. The van der Waals surface area contributed by atoms with Crippen molar-refractivity contribution in [2.24, 2.45) is 5.41 Å². The molecule has 2 aliphatic carbocycles. The minimum Gasteiger partial charge on any atom is -0.363 e. The van der Waals surface area contributed by atoms with E-state index in [2.05, 4.69) is 24.3 Å². The molecule has 2 bridgehead atoms. The van der Waals surface area contributed by atoms with Gasteiger partial charge in [0, 0.05) is 18.9 Å². The van der Waals surface area contributed by atoms with Crippen LogP contribution in [0.5, 0.6) is 0 Å². The Bertz CT molecular complexity index is 536. The Labute approximate surface area is 118 Å². The van der Waals surface area contributed by atoms with Gasteiger partial charge in [0.25, 0.3) is 0 Å². The molecule has 0 unspecified atom stereocenters. The molecule has 4 nitrogen and oxygen atoms in total. The van der Waals surface area contributed by atoms with E-state index in [1.165, 1.54) is 11.1 Å². The molecule has 20 heavy (non-hydrogen) atoms. The molecular formula is C16H20O4. The smallest absolute Gasteiger partial charge is 0.210 e. The Balaban J connectivity index is 1.98. The van der Waals surface area contributed by atoms with E-state index in [0.717, 1.165) is 12.8 Å². The van der Waals surface area contributed by atoms with Crippen molar-refractivity contribution in [1.82, 2.24) is 0 Å². The first kappa shape index (κ1) is 12.8. The molecular weight excluding hydrogens is 256 g/mol. The number of rotatable bonds is 1. The standard InChI is InChI=1S/C16H20O4/c1-14(17)16(15(2,18-3)20-19-14)12-8-9-13(16)11-7-5-4-6-10(11)12/h4-7,12-13,17H,8-9H2,1-3H3/t12-,13-,14-,15+/m1/s1. The van der Waals surface area contributed by atoms with Gasteiger partial charge in [-0.1, -0.05) is 24.3 Å². The molecule has 1 spiro atoms. The molecule has 1 heterocycles. The van der Waals surface area contributed by atoms with E-state index in [0.29, 0.717) is 0 Å². The summed E-state index contributed by atoms with van der Waals surface area (Å²) >= 11 is 0. The zero-order valence-corrected chi connectivity index (χ0v) is 12.1. The quantitative estimate of drug-likeness (QED) is 0.801. The maximum absolute atomic E-state index is 10.9. The molecule has 4 heteroatoms. The summed E-state index contributed by atoms with van der Waals surface area (Å²) in [6.45, 7) is 3.58. The maximum atomic E-state index is 10.9. The summed E-state index contributed by atoms with van der Waals surface area (Å²) in [6, 6.07) is 8.43. The first-order valence-electron chi connectivity index (χ1n) is 7.21. The number of aliphatic hydroxyl groups is 1. The van der Waals surface area contributed by atoms with Crippen molar-refractivity contribution in [1.29, 1.82) is 0 Å². The fourth-order valence-corrected chi connectivity index (χ4v) is 5.18. The highest BCUT2D eigenvalue weighted by Crippen LogP contribution is 2.75. The summed E-state index contributed by atoms with van der Waals surface area (Å²) in [7, 11) is 1.62. The van der Waals surface area contributed by atoms with E-state index in [1.54, 1.807) is 14.0 Å². The van der Waals surface area contributed by atoms with Gasteiger partial charge in [0.2, 0.25) is 11.6 Å². The number of benzene rings is 1. The van der Waals surface area contributed by atoms with Crippen LogP contribution in [0.25, 0.3) is 0 Å². The van der Waals surface area contributed by atoms with Crippen LogP contribution in [0, 0.1) is 5.41 Å². The van der Waals surface area contributed by atoms with Gasteiger partial charge in [-0.05, 0) is 37.8 Å². The van der Waals surface area contributed by atoms with Crippen molar-refractivity contribution in [3.8, 4) is 0 Å². The van der Waals surface area contributed by atoms with E-state index in [-0.39, 0.29) is 11.8 Å². The fraction of sp³-hybridized carbons (Fsp3) is 0.625. The van der Waals surface area contributed by atoms with Crippen LogP contribution in [-0.4, -0.2) is 23.8 Å². The van der Waals surface area contributed by atoms with Crippen LogP contribution in [0.1, 0.15) is 49.7 Å². The molecule has 1 saturated carbocycles. The van der Waals surface area contributed by atoms with Crippen LogP contribution in [0.4, 0.5) is 0 Å². The lowest BCUT2D eigenvalue weighted by Crippen LogP contribution is -2.56. The number of hydrogen-bond acceptors (Lipinski definition) is 4. The minimum atomic E-state index is -1.36. The van der Waals surface area contributed by atoms with E-state index in [9.17, 15) is 5.11 Å². The monoisotopic (exact) mass is 276 g/mol. The van der Waals surface area contributed by atoms with Crippen LogP contribution in [0.3, 0.4) is 0 Å². The Kier molecular flexibility index (Phi) is 2.32. The molecule has 3 aliphatic rings. The molecule has 1 saturated heterocycles. The molecule has 0 radical (unpaired) electrons. The van der Waals surface area contributed by atoms with Crippen LogP contribution < -0.4 is 0 Å². The lowest BCUT2D eigenvalue weighted by atomic mass is 9.64. The summed E-state index contributed by atoms with van der Waals surface area (Å²) in [4.78, 5) is 10.8. The lowest BCUT2D eigenvalue weighted by molar-refractivity contribution is -0.418. The first-order chi connectivity index (χ1) is 9.48. The van der Waals surface area contributed by atoms with Crippen molar-refractivity contribution in [3.63, 3.8) is 0 Å². The predicted octanol–water partition coefficient (Wildman–Crippen LogP) is 2.68. The van der Waals surface area contributed by atoms with Gasteiger partial charge >= 0.3 is 0 Å². The summed E-state index contributed by atoms with van der Waals surface area (Å²) in [6.07, 6.45) is 2.06. The third-order valence-electron chi connectivity index (χ3n) is 5.86. The van der Waals surface area contributed by atoms with Gasteiger partial charge in [-0.25, -0.2) is 0 Å². The topological polar surface area (TPSA) is 47.9 Å². The zero-order chi connectivity index (χ0) is 14.2. The SMILES string of the molecule is CO[C@@]1(C)OO[C@@](C)(O)C12[C@@H]1CC[C@@H]2c2ccccc21. The lowest BCUT2D eigenvalue weighted by Gasteiger charge is -2.44. The van der Waals surface area contributed by atoms with Crippen molar-refractivity contribution in [2.75, 3.05) is 7.11 Å². The van der Waals surface area contributed by atoms with Crippen molar-refractivity contribution in [2.45, 2.75) is 50.1 Å².